The number of benzene rings is 2. The molecule has 1 N–H and O–H groups in total. The van der Waals surface area contributed by atoms with Gasteiger partial charge in [-0.3, -0.25) is 9.69 Å². The van der Waals surface area contributed by atoms with Crippen molar-refractivity contribution in [3.05, 3.63) is 64.7 Å². The fourth-order valence-electron chi connectivity index (χ4n) is 2.43. The summed E-state index contributed by atoms with van der Waals surface area (Å²) in [5.41, 5.74) is 1.18. The monoisotopic (exact) mass is 388 g/mol. The van der Waals surface area contributed by atoms with Gasteiger partial charge in [0.1, 0.15) is 12.4 Å². The van der Waals surface area contributed by atoms with Gasteiger partial charge >= 0.3 is 12.0 Å². The van der Waals surface area contributed by atoms with Crippen LogP contribution < -0.4 is 10.1 Å². The third-order valence-corrected chi connectivity index (χ3v) is 4.15. The Morgan fingerprint density at radius 1 is 1.07 bits per heavy atom. The number of carbonyl (C=O) groups is 3. The van der Waals surface area contributed by atoms with Crippen LogP contribution in [0.3, 0.4) is 0 Å². The molecule has 1 heterocycles. The molecule has 0 radical (unpaired) electrons. The van der Waals surface area contributed by atoms with Crippen molar-refractivity contribution < 1.29 is 23.9 Å². The number of urea groups is 1. The normalized spacial score (nSPS) is 13.2. The van der Waals surface area contributed by atoms with E-state index in [-0.39, 0.29) is 6.54 Å². The molecule has 1 fully saturated rings. The first-order chi connectivity index (χ1) is 13.0. The summed E-state index contributed by atoms with van der Waals surface area (Å²) in [6.45, 7) is 0.531. The van der Waals surface area contributed by atoms with Gasteiger partial charge in [0.25, 0.3) is 5.91 Å². The minimum atomic E-state index is -0.631. The number of carbonyl (C=O) groups excluding carboxylic acids is 3. The second kappa shape index (κ2) is 8.55. The van der Waals surface area contributed by atoms with E-state index >= 15 is 0 Å². The Labute approximate surface area is 160 Å². The molecule has 27 heavy (non-hydrogen) atoms. The van der Waals surface area contributed by atoms with E-state index in [2.05, 4.69) is 5.32 Å². The van der Waals surface area contributed by atoms with Crippen molar-refractivity contribution in [2.24, 2.45) is 0 Å². The number of esters is 1. The first-order valence-electron chi connectivity index (χ1n) is 8.25. The van der Waals surface area contributed by atoms with Gasteiger partial charge in [0.05, 0.1) is 5.56 Å². The summed E-state index contributed by atoms with van der Waals surface area (Å²) < 4.78 is 10.6. The highest BCUT2D eigenvalue weighted by Crippen LogP contribution is 2.17. The lowest BCUT2D eigenvalue weighted by atomic mass is 10.1. The zero-order valence-corrected chi connectivity index (χ0v) is 15.1. The van der Waals surface area contributed by atoms with Crippen LogP contribution in [-0.2, 0) is 16.1 Å². The van der Waals surface area contributed by atoms with E-state index in [0.717, 1.165) is 10.5 Å². The van der Waals surface area contributed by atoms with Crippen LogP contribution in [0.2, 0.25) is 5.02 Å². The van der Waals surface area contributed by atoms with Crippen LogP contribution in [0, 0.1) is 0 Å². The predicted molar refractivity (Wildman–Crippen MR) is 97.6 cm³/mol. The van der Waals surface area contributed by atoms with Gasteiger partial charge in [-0.15, -0.1) is 0 Å². The number of halogens is 1. The maximum absolute atomic E-state index is 12.0. The lowest BCUT2D eigenvalue weighted by Gasteiger charge is -2.12. The van der Waals surface area contributed by atoms with E-state index in [9.17, 15) is 14.4 Å². The largest absolute Gasteiger partial charge is 0.489 e. The zero-order valence-electron chi connectivity index (χ0n) is 14.3. The Balaban J connectivity index is 1.48. The average Bonchev–Trinajstić information content (AvgIpc) is 3.12. The van der Waals surface area contributed by atoms with Crippen molar-refractivity contribution in [2.45, 2.75) is 6.61 Å². The topological polar surface area (TPSA) is 84.9 Å². The van der Waals surface area contributed by atoms with E-state index in [1.54, 1.807) is 48.5 Å². The van der Waals surface area contributed by atoms with Gasteiger partial charge in [0, 0.05) is 18.1 Å². The van der Waals surface area contributed by atoms with Gasteiger partial charge in [-0.25, -0.2) is 9.59 Å². The van der Waals surface area contributed by atoms with Gasteiger partial charge in [0.15, 0.2) is 6.61 Å². The van der Waals surface area contributed by atoms with Crippen LogP contribution in [0.25, 0.3) is 0 Å². The third kappa shape index (κ3) is 4.98. The summed E-state index contributed by atoms with van der Waals surface area (Å²) in [7, 11) is 0. The molecule has 1 saturated heterocycles. The highest BCUT2D eigenvalue weighted by atomic mass is 35.5. The SMILES string of the molecule is O=C(OCC(=O)N1CCNC1=O)c1ccc(COc2ccc(Cl)cc2)cc1. The van der Waals surface area contributed by atoms with Crippen molar-refractivity contribution in [2.75, 3.05) is 19.7 Å². The Morgan fingerprint density at radius 2 is 1.78 bits per heavy atom. The Kier molecular flexibility index (Phi) is 5.93. The number of nitrogens with zero attached hydrogens (tertiary/aromatic N) is 1. The molecule has 0 saturated carbocycles. The molecular weight excluding hydrogens is 372 g/mol. The van der Waals surface area contributed by atoms with E-state index in [1.165, 1.54) is 0 Å². The van der Waals surface area contributed by atoms with Crippen molar-refractivity contribution in [1.82, 2.24) is 10.2 Å². The second-order valence-electron chi connectivity index (χ2n) is 5.79. The first-order valence-corrected chi connectivity index (χ1v) is 8.63. The maximum atomic E-state index is 12.0. The van der Waals surface area contributed by atoms with E-state index in [1.807, 2.05) is 0 Å². The molecule has 1 aliphatic rings. The summed E-state index contributed by atoms with van der Waals surface area (Å²) in [6, 6.07) is 13.2. The molecule has 0 aliphatic carbocycles. The molecule has 140 valence electrons. The van der Waals surface area contributed by atoms with Crippen molar-refractivity contribution in [1.29, 1.82) is 0 Å². The van der Waals surface area contributed by atoms with Gasteiger partial charge in [-0.1, -0.05) is 23.7 Å². The Bertz CT molecular complexity index is 836. The summed E-state index contributed by atoms with van der Waals surface area (Å²) in [5, 5.41) is 3.14. The molecule has 1 aliphatic heterocycles. The van der Waals surface area contributed by atoms with Crippen molar-refractivity contribution in [3.8, 4) is 5.75 Å². The smallest absolute Gasteiger partial charge is 0.338 e. The highest BCUT2D eigenvalue weighted by molar-refractivity contribution is 6.30. The number of hydrogen-bond acceptors (Lipinski definition) is 5. The average molecular weight is 389 g/mol. The maximum Gasteiger partial charge on any atom is 0.338 e. The number of imide groups is 1. The standard InChI is InChI=1S/C19H17ClN2O5/c20-15-5-7-16(8-6-15)26-11-13-1-3-14(4-2-13)18(24)27-12-17(23)22-10-9-21-19(22)25/h1-8H,9-12H2,(H,21,25). The van der Waals surface area contributed by atoms with Gasteiger partial charge < -0.3 is 14.8 Å². The molecule has 3 amide bonds. The van der Waals surface area contributed by atoms with Crippen LogP contribution in [0.4, 0.5) is 4.79 Å². The fourth-order valence-corrected chi connectivity index (χ4v) is 2.56. The minimum Gasteiger partial charge on any atom is -0.489 e. The first kappa shape index (κ1) is 18.7. The molecule has 0 atom stereocenters. The van der Waals surface area contributed by atoms with Crippen LogP contribution in [0.5, 0.6) is 5.75 Å². The third-order valence-electron chi connectivity index (χ3n) is 3.89. The zero-order chi connectivity index (χ0) is 19.2. The highest BCUT2D eigenvalue weighted by Gasteiger charge is 2.26. The Hall–Kier alpha value is -3.06. The minimum absolute atomic E-state index is 0.275. The molecule has 0 unspecified atom stereocenters. The van der Waals surface area contributed by atoms with Crippen LogP contribution in [0.1, 0.15) is 15.9 Å². The van der Waals surface area contributed by atoms with E-state index < -0.39 is 24.5 Å². The number of rotatable bonds is 6. The molecule has 2 aromatic rings. The van der Waals surface area contributed by atoms with E-state index in [0.29, 0.717) is 29.5 Å². The lowest BCUT2D eigenvalue weighted by Crippen LogP contribution is -2.37. The lowest BCUT2D eigenvalue weighted by molar-refractivity contribution is -0.130. The van der Waals surface area contributed by atoms with Gasteiger partial charge in [0.2, 0.25) is 0 Å². The molecule has 8 heteroatoms. The van der Waals surface area contributed by atoms with E-state index in [4.69, 9.17) is 21.1 Å². The van der Waals surface area contributed by atoms with Crippen LogP contribution in [0.15, 0.2) is 48.5 Å². The number of hydrogen-bond donors (Lipinski definition) is 1. The predicted octanol–water partition coefficient (Wildman–Crippen LogP) is 2.63. The van der Waals surface area contributed by atoms with Crippen molar-refractivity contribution >= 4 is 29.5 Å². The molecular formula is C19H17ClN2O5. The number of ether oxygens (including phenoxy) is 2. The number of amides is 3. The fraction of sp³-hybridized carbons (Fsp3) is 0.211. The molecule has 0 bridgehead atoms. The number of nitrogens with one attached hydrogen (secondary N) is 1. The Morgan fingerprint density at radius 3 is 2.41 bits per heavy atom. The second-order valence-corrected chi connectivity index (χ2v) is 6.23. The van der Waals surface area contributed by atoms with Crippen molar-refractivity contribution in [3.63, 3.8) is 0 Å². The van der Waals surface area contributed by atoms with Crippen LogP contribution in [-0.4, -0.2) is 42.5 Å². The molecule has 3 rings (SSSR count). The van der Waals surface area contributed by atoms with Gasteiger partial charge in [-0.2, -0.15) is 0 Å². The quantitative estimate of drug-likeness (QED) is 0.769. The molecule has 2 aromatic carbocycles. The molecule has 0 aromatic heterocycles. The summed E-state index contributed by atoms with van der Waals surface area (Å²) in [5.74, 6) is -0.494. The summed E-state index contributed by atoms with van der Waals surface area (Å²) >= 11 is 5.82. The van der Waals surface area contributed by atoms with Gasteiger partial charge in [-0.05, 0) is 42.0 Å². The molecule has 7 nitrogen and oxygen atoms in total. The summed E-state index contributed by atoms with van der Waals surface area (Å²) in [6.07, 6.45) is 0. The summed E-state index contributed by atoms with van der Waals surface area (Å²) in [4.78, 5) is 36.3. The molecule has 0 spiro atoms. The van der Waals surface area contributed by atoms with Crippen LogP contribution >= 0.6 is 11.6 Å².